The van der Waals surface area contributed by atoms with Crippen molar-refractivity contribution in [3.8, 4) is 0 Å². The first-order chi connectivity index (χ1) is 9.78. The summed E-state index contributed by atoms with van der Waals surface area (Å²) in [5, 5.41) is 5.41. The van der Waals surface area contributed by atoms with Crippen molar-refractivity contribution >= 4 is 33.6 Å². The van der Waals surface area contributed by atoms with Crippen LogP contribution in [0.15, 0.2) is 22.7 Å². The number of benzene rings is 1. The molecule has 2 amide bonds. The Morgan fingerprint density at radius 1 is 1.33 bits per heavy atom. The zero-order valence-electron chi connectivity index (χ0n) is 10.8. The summed E-state index contributed by atoms with van der Waals surface area (Å²) in [6.07, 6.45) is -4.36. The van der Waals surface area contributed by atoms with Crippen LogP contribution >= 0.6 is 27.5 Å². The number of urea groups is 1. The first-order valence-electron chi connectivity index (χ1n) is 5.88. The summed E-state index contributed by atoms with van der Waals surface area (Å²) in [5.74, 6) is 0. The zero-order valence-corrected chi connectivity index (χ0v) is 13.1. The maximum Gasteiger partial charge on any atom is 0.411 e. The van der Waals surface area contributed by atoms with Crippen molar-refractivity contribution in [1.29, 1.82) is 0 Å². The second kappa shape index (κ2) is 8.45. The fourth-order valence-electron chi connectivity index (χ4n) is 1.33. The fourth-order valence-corrected chi connectivity index (χ4v) is 2.07. The second-order valence-corrected chi connectivity index (χ2v) is 5.34. The molecule has 0 unspecified atom stereocenters. The Balaban J connectivity index is 2.19. The van der Waals surface area contributed by atoms with Crippen LogP contribution in [-0.2, 0) is 11.3 Å². The number of amides is 2. The van der Waals surface area contributed by atoms with Crippen LogP contribution in [0.4, 0.5) is 18.0 Å². The lowest BCUT2D eigenvalue weighted by Gasteiger charge is -2.10. The average molecular weight is 390 g/mol. The molecule has 0 aromatic heterocycles. The predicted octanol–water partition coefficient (Wildman–Crippen LogP) is 3.48. The van der Waals surface area contributed by atoms with Crippen LogP contribution in [0.1, 0.15) is 5.56 Å². The van der Waals surface area contributed by atoms with E-state index in [4.69, 9.17) is 11.6 Å². The summed E-state index contributed by atoms with van der Waals surface area (Å²) >= 11 is 9.23. The van der Waals surface area contributed by atoms with E-state index in [1.165, 1.54) is 0 Å². The van der Waals surface area contributed by atoms with Gasteiger partial charge in [0.15, 0.2) is 0 Å². The highest BCUT2D eigenvalue weighted by molar-refractivity contribution is 9.10. The third-order valence-corrected chi connectivity index (χ3v) is 3.10. The second-order valence-electron chi connectivity index (χ2n) is 4.01. The van der Waals surface area contributed by atoms with Crippen LogP contribution < -0.4 is 10.6 Å². The van der Waals surface area contributed by atoms with Gasteiger partial charge in [0.25, 0.3) is 0 Å². The average Bonchev–Trinajstić information content (AvgIpc) is 2.36. The third-order valence-electron chi connectivity index (χ3n) is 2.25. The number of alkyl halides is 3. The van der Waals surface area contributed by atoms with E-state index in [1.54, 1.807) is 18.2 Å². The Bertz CT molecular complexity index is 486. The minimum absolute atomic E-state index is 0.0179. The van der Waals surface area contributed by atoms with Gasteiger partial charge in [-0.1, -0.05) is 33.6 Å². The quantitative estimate of drug-likeness (QED) is 0.732. The summed E-state index contributed by atoms with van der Waals surface area (Å²) in [5.41, 5.74) is 0.725. The Labute approximate surface area is 133 Å². The maximum atomic E-state index is 11.8. The molecule has 0 heterocycles. The standard InChI is InChI=1S/C12H13BrClF3N2O2/c13-9-2-1-8(10(14)5-9)6-19-11(20)18-3-4-21-7-12(15,16)17/h1-2,5H,3-4,6-7H2,(H2,18,19,20). The van der Waals surface area contributed by atoms with Gasteiger partial charge in [-0.2, -0.15) is 13.2 Å². The number of carbonyl (C=O) groups is 1. The van der Waals surface area contributed by atoms with Crippen LogP contribution in [-0.4, -0.2) is 32.0 Å². The first-order valence-corrected chi connectivity index (χ1v) is 7.05. The Hall–Kier alpha value is -0.990. The predicted molar refractivity (Wildman–Crippen MR) is 76.3 cm³/mol. The molecule has 118 valence electrons. The largest absolute Gasteiger partial charge is 0.411 e. The summed E-state index contributed by atoms with van der Waals surface area (Å²) in [6.45, 7) is -1.35. The van der Waals surface area contributed by atoms with E-state index in [0.29, 0.717) is 5.02 Å². The van der Waals surface area contributed by atoms with Crippen LogP contribution in [0.2, 0.25) is 5.02 Å². The highest BCUT2D eigenvalue weighted by Crippen LogP contribution is 2.21. The third kappa shape index (κ3) is 8.13. The molecule has 9 heteroatoms. The molecule has 0 aliphatic carbocycles. The van der Waals surface area contributed by atoms with Crippen molar-refractivity contribution in [3.05, 3.63) is 33.3 Å². The number of halogens is 5. The Morgan fingerprint density at radius 2 is 2.05 bits per heavy atom. The van der Waals surface area contributed by atoms with Gasteiger partial charge in [-0.05, 0) is 17.7 Å². The zero-order chi connectivity index (χ0) is 15.9. The fraction of sp³-hybridized carbons (Fsp3) is 0.417. The van der Waals surface area contributed by atoms with Gasteiger partial charge in [0.1, 0.15) is 6.61 Å². The molecule has 0 atom stereocenters. The van der Waals surface area contributed by atoms with Crippen LogP contribution in [0, 0.1) is 0 Å². The SMILES string of the molecule is O=C(NCCOCC(F)(F)F)NCc1ccc(Br)cc1Cl. The highest BCUT2D eigenvalue weighted by atomic mass is 79.9. The molecule has 1 rings (SSSR count). The van der Waals surface area contributed by atoms with Crippen molar-refractivity contribution in [3.63, 3.8) is 0 Å². The van der Waals surface area contributed by atoms with Gasteiger partial charge in [-0.25, -0.2) is 4.79 Å². The summed E-state index contributed by atoms with van der Waals surface area (Å²) in [6, 6.07) is 4.72. The molecule has 0 fully saturated rings. The lowest BCUT2D eigenvalue weighted by Crippen LogP contribution is -2.37. The lowest BCUT2D eigenvalue weighted by molar-refractivity contribution is -0.173. The maximum absolute atomic E-state index is 11.8. The lowest BCUT2D eigenvalue weighted by atomic mass is 10.2. The number of hydrogen-bond donors (Lipinski definition) is 2. The van der Waals surface area contributed by atoms with Crippen LogP contribution in [0.5, 0.6) is 0 Å². The topological polar surface area (TPSA) is 50.4 Å². The van der Waals surface area contributed by atoms with Crippen molar-refractivity contribution in [2.45, 2.75) is 12.7 Å². The smallest absolute Gasteiger partial charge is 0.370 e. The van der Waals surface area contributed by atoms with Gasteiger partial charge < -0.3 is 15.4 Å². The van der Waals surface area contributed by atoms with Gasteiger partial charge in [-0.15, -0.1) is 0 Å². The molecule has 0 aliphatic heterocycles. The van der Waals surface area contributed by atoms with Crippen LogP contribution in [0.3, 0.4) is 0 Å². The molecule has 4 nitrogen and oxygen atoms in total. The summed E-state index contributed by atoms with van der Waals surface area (Å²) < 4.78 is 40.5. The molecule has 0 spiro atoms. The van der Waals surface area contributed by atoms with Gasteiger partial charge in [-0.3, -0.25) is 0 Å². The monoisotopic (exact) mass is 388 g/mol. The van der Waals surface area contributed by atoms with Crippen molar-refractivity contribution in [1.82, 2.24) is 10.6 Å². The molecular weight excluding hydrogens is 376 g/mol. The molecule has 0 saturated heterocycles. The van der Waals surface area contributed by atoms with Crippen molar-refractivity contribution in [2.24, 2.45) is 0 Å². The molecule has 1 aromatic rings. The molecular formula is C12H13BrClF3N2O2. The molecule has 2 N–H and O–H groups in total. The van der Waals surface area contributed by atoms with Gasteiger partial charge >= 0.3 is 12.2 Å². The molecule has 21 heavy (non-hydrogen) atoms. The Morgan fingerprint density at radius 3 is 2.67 bits per heavy atom. The van der Waals surface area contributed by atoms with E-state index < -0.39 is 18.8 Å². The number of hydrogen-bond acceptors (Lipinski definition) is 2. The normalized spacial score (nSPS) is 11.3. The van der Waals surface area contributed by atoms with E-state index in [1.807, 2.05) is 0 Å². The minimum Gasteiger partial charge on any atom is -0.370 e. The van der Waals surface area contributed by atoms with E-state index in [2.05, 4.69) is 31.3 Å². The van der Waals surface area contributed by atoms with Gasteiger partial charge in [0, 0.05) is 22.6 Å². The van der Waals surface area contributed by atoms with E-state index in [-0.39, 0.29) is 19.7 Å². The molecule has 1 aromatic carbocycles. The van der Waals surface area contributed by atoms with Crippen molar-refractivity contribution < 1.29 is 22.7 Å². The van der Waals surface area contributed by atoms with Crippen molar-refractivity contribution in [2.75, 3.05) is 19.8 Å². The summed E-state index contributed by atoms with van der Waals surface area (Å²) in [4.78, 5) is 11.4. The van der Waals surface area contributed by atoms with E-state index in [9.17, 15) is 18.0 Å². The molecule has 0 bridgehead atoms. The van der Waals surface area contributed by atoms with Crippen LogP contribution in [0.25, 0.3) is 0 Å². The number of carbonyl (C=O) groups excluding carboxylic acids is 1. The Kier molecular flexibility index (Phi) is 7.27. The number of nitrogens with one attached hydrogen (secondary N) is 2. The number of rotatable bonds is 6. The molecule has 0 saturated carbocycles. The first kappa shape index (κ1) is 18.1. The van der Waals surface area contributed by atoms with E-state index >= 15 is 0 Å². The van der Waals surface area contributed by atoms with Gasteiger partial charge in [0.2, 0.25) is 0 Å². The van der Waals surface area contributed by atoms with E-state index in [0.717, 1.165) is 10.0 Å². The number of ether oxygens (including phenoxy) is 1. The summed E-state index contributed by atoms with van der Waals surface area (Å²) in [7, 11) is 0. The molecule has 0 radical (unpaired) electrons. The minimum atomic E-state index is -4.36. The van der Waals surface area contributed by atoms with Gasteiger partial charge in [0.05, 0.1) is 6.61 Å². The highest BCUT2D eigenvalue weighted by Gasteiger charge is 2.27. The molecule has 0 aliphatic rings.